The molecule has 4 saturated carbocycles. The van der Waals surface area contributed by atoms with Crippen LogP contribution < -0.4 is 10.6 Å². The summed E-state index contributed by atoms with van der Waals surface area (Å²) >= 11 is 0. The van der Waals surface area contributed by atoms with Crippen molar-refractivity contribution < 1.29 is 9.59 Å². The van der Waals surface area contributed by atoms with Gasteiger partial charge in [-0.2, -0.15) is 5.10 Å². The molecular weight excluding hydrogens is 412 g/mol. The number of fused-ring (bicyclic) bond motifs is 2. The van der Waals surface area contributed by atoms with Gasteiger partial charge in [0.25, 0.3) is 5.91 Å². The number of nitrogens with one attached hydrogen (secondary N) is 2. The van der Waals surface area contributed by atoms with Crippen LogP contribution in [0.3, 0.4) is 0 Å². The van der Waals surface area contributed by atoms with E-state index in [4.69, 9.17) is 0 Å². The summed E-state index contributed by atoms with van der Waals surface area (Å²) in [6, 6.07) is 0.320. The third-order valence-electron chi connectivity index (χ3n) is 9.35. The van der Waals surface area contributed by atoms with Gasteiger partial charge in [0, 0.05) is 19.2 Å². The van der Waals surface area contributed by atoms with Crippen molar-refractivity contribution in [2.45, 2.75) is 91.6 Å². The molecule has 5 unspecified atom stereocenters. The Kier molecular flexibility index (Phi) is 5.11. The predicted molar refractivity (Wildman–Crippen MR) is 129 cm³/mol. The summed E-state index contributed by atoms with van der Waals surface area (Å²) in [4.78, 5) is 25.0. The second-order valence-corrected chi connectivity index (χ2v) is 12.8. The van der Waals surface area contributed by atoms with E-state index in [1.54, 1.807) is 6.20 Å². The minimum atomic E-state index is -0.494. The molecule has 4 fully saturated rings. The summed E-state index contributed by atoms with van der Waals surface area (Å²) in [5.41, 5.74) is 2.16. The van der Waals surface area contributed by atoms with Crippen LogP contribution in [-0.2, 0) is 11.2 Å². The fourth-order valence-electron chi connectivity index (χ4n) is 8.30. The zero-order chi connectivity index (χ0) is 23.8. The second kappa shape index (κ2) is 7.44. The molecule has 0 aliphatic heterocycles. The molecule has 0 radical (unpaired) electrons. The molecule has 6 heteroatoms. The Hall–Kier alpha value is -2.11. The summed E-state index contributed by atoms with van der Waals surface area (Å²) < 4.78 is 1.81. The number of carbonyl (C=O) groups excluding carboxylic acids is 2. The van der Waals surface area contributed by atoms with E-state index in [-0.39, 0.29) is 11.8 Å². The van der Waals surface area contributed by atoms with Crippen molar-refractivity contribution in [3.05, 3.63) is 23.5 Å². The Morgan fingerprint density at radius 2 is 2.03 bits per heavy atom. The second-order valence-electron chi connectivity index (χ2n) is 12.8. The summed E-state index contributed by atoms with van der Waals surface area (Å²) in [5.74, 6) is 2.53. The molecule has 33 heavy (non-hydrogen) atoms. The van der Waals surface area contributed by atoms with Gasteiger partial charge in [-0.1, -0.05) is 20.8 Å². The smallest absolute Gasteiger partial charge is 0.255 e. The van der Waals surface area contributed by atoms with E-state index in [9.17, 15) is 9.59 Å². The fourth-order valence-corrected chi connectivity index (χ4v) is 8.30. The molecular formula is C27H40N4O2. The maximum Gasteiger partial charge on any atom is 0.255 e. The molecule has 3 bridgehead atoms. The van der Waals surface area contributed by atoms with Crippen molar-refractivity contribution in [1.29, 1.82) is 0 Å². The van der Waals surface area contributed by atoms with Gasteiger partial charge in [-0.15, -0.1) is 0 Å². The molecule has 0 aromatic carbocycles. The van der Waals surface area contributed by atoms with E-state index in [1.807, 2.05) is 30.8 Å². The van der Waals surface area contributed by atoms with Gasteiger partial charge < -0.3 is 10.6 Å². The zero-order valence-corrected chi connectivity index (χ0v) is 21.1. The van der Waals surface area contributed by atoms with E-state index in [2.05, 4.69) is 36.5 Å². The molecule has 2 amide bonds. The quantitative estimate of drug-likeness (QED) is 0.643. The number of rotatable bonds is 7. The Labute approximate surface area is 198 Å². The lowest BCUT2D eigenvalue weighted by atomic mass is 9.47. The molecule has 1 aromatic heterocycles. The molecule has 4 aliphatic carbocycles. The standard InChI is InChI=1S/C27H40N4O2/c1-16(2)9-22-20(15-28-31(22)8-7-25(4,5)30-17(3)32)24(33)29-23-19-10-18-11-26(6)14-21(23)27(26,12-18)13-19/h7-8,15-16,18-19,21,23H,9-14H2,1-6H3,(H,29,33)(H,30,32)/b8-7+/t18?,19?,21?,23?,26-,27?/m1/s1. The lowest BCUT2D eigenvalue weighted by Gasteiger charge is -2.58. The van der Waals surface area contributed by atoms with Crippen LogP contribution in [0.25, 0.3) is 6.20 Å². The van der Waals surface area contributed by atoms with Crippen LogP contribution >= 0.6 is 0 Å². The van der Waals surface area contributed by atoms with Gasteiger partial charge in [-0.3, -0.25) is 9.59 Å². The highest BCUT2D eigenvalue weighted by Gasteiger charge is 2.75. The monoisotopic (exact) mass is 452 g/mol. The van der Waals surface area contributed by atoms with E-state index < -0.39 is 5.54 Å². The van der Waals surface area contributed by atoms with Crippen LogP contribution in [0.2, 0.25) is 0 Å². The number of hydrogen-bond donors (Lipinski definition) is 2. The first kappa shape index (κ1) is 22.7. The van der Waals surface area contributed by atoms with Gasteiger partial charge in [-0.25, -0.2) is 4.68 Å². The first-order chi connectivity index (χ1) is 15.4. The molecule has 2 N–H and O–H groups in total. The third kappa shape index (κ3) is 3.55. The Bertz CT molecular complexity index is 1010. The number of amides is 2. The minimum absolute atomic E-state index is 0.0323. The fraction of sp³-hybridized carbons (Fsp3) is 0.741. The molecule has 1 heterocycles. The van der Waals surface area contributed by atoms with Crippen LogP contribution in [-0.4, -0.2) is 33.2 Å². The molecule has 6 nitrogen and oxygen atoms in total. The Balaban J connectivity index is 1.36. The average Bonchev–Trinajstić information content (AvgIpc) is 3.21. The highest BCUT2D eigenvalue weighted by molar-refractivity contribution is 5.95. The van der Waals surface area contributed by atoms with E-state index in [0.717, 1.165) is 18.0 Å². The summed E-state index contributed by atoms with van der Waals surface area (Å²) in [5, 5.41) is 11.0. The summed E-state index contributed by atoms with van der Waals surface area (Å²) in [6.45, 7) is 12.2. The van der Waals surface area contributed by atoms with E-state index in [1.165, 1.54) is 39.0 Å². The van der Waals surface area contributed by atoms with Crippen LogP contribution in [0, 0.1) is 34.5 Å². The minimum Gasteiger partial charge on any atom is -0.349 e. The lowest BCUT2D eigenvalue weighted by molar-refractivity contribution is -0.120. The van der Waals surface area contributed by atoms with Crippen molar-refractivity contribution >= 4 is 18.0 Å². The molecule has 180 valence electrons. The highest BCUT2D eigenvalue weighted by atomic mass is 16.2. The first-order valence-electron chi connectivity index (χ1n) is 12.8. The van der Waals surface area contributed by atoms with Crippen molar-refractivity contribution in [3.63, 3.8) is 0 Å². The maximum absolute atomic E-state index is 13.6. The number of nitrogens with zero attached hydrogens (tertiary/aromatic N) is 2. The molecule has 0 saturated heterocycles. The van der Waals surface area contributed by atoms with Crippen LogP contribution in [0.15, 0.2) is 12.3 Å². The van der Waals surface area contributed by atoms with Gasteiger partial charge in [0.05, 0.1) is 23.0 Å². The van der Waals surface area contributed by atoms with Crippen LogP contribution in [0.1, 0.15) is 89.7 Å². The largest absolute Gasteiger partial charge is 0.349 e. The van der Waals surface area contributed by atoms with Gasteiger partial charge in [-0.05, 0) is 93.0 Å². The van der Waals surface area contributed by atoms with Crippen LogP contribution in [0.5, 0.6) is 0 Å². The highest BCUT2D eigenvalue weighted by Crippen LogP contribution is 2.80. The first-order valence-corrected chi connectivity index (χ1v) is 12.8. The van der Waals surface area contributed by atoms with E-state index in [0.29, 0.717) is 40.2 Å². The normalized spacial score (nSPS) is 36.3. The van der Waals surface area contributed by atoms with Crippen molar-refractivity contribution in [3.8, 4) is 0 Å². The van der Waals surface area contributed by atoms with Gasteiger partial charge in [0.1, 0.15) is 0 Å². The zero-order valence-electron chi connectivity index (χ0n) is 21.1. The third-order valence-corrected chi connectivity index (χ3v) is 9.35. The SMILES string of the molecule is CC(=O)NC(C)(C)/C=C/n1ncc(C(=O)NC2C3CC4CC5(C3)C2C[C@@]5(C)C4)c1CC(C)C. The molecule has 6 atom stereocenters. The van der Waals surface area contributed by atoms with Crippen molar-refractivity contribution in [1.82, 2.24) is 20.4 Å². The topological polar surface area (TPSA) is 76.0 Å². The lowest BCUT2D eigenvalue weighted by Crippen LogP contribution is -2.56. The predicted octanol–water partition coefficient (Wildman–Crippen LogP) is 4.41. The molecule has 5 rings (SSSR count). The maximum atomic E-state index is 13.6. The van der Waals surface area contributed by atoms with Gasteiger partial charge in [0.15, 0.2) is 0 Å². The molecule has 1 spiro atoms. The van der Waals surface area contributed by atoms with E-state index >= 15 is 0 Å². The Morgan fingerprint density at radius 1 is 1.27 bits per heavy atom. The van der Waals surface area contributed by atoms with Crippen LogP contribution in [0.4, 0.5) is 0 Å². The number of hydrogen-bond acceptors (Lipinski definition) is 3. The molecule has 1 aromatic rings. The average molecular weight is 453 g/mol. The number of aromatic nitrogens is 2. The Morgan fingerprint density at radius 3 is 2.73 bits per heavy atom. The summed E-state index contributed by atoms with van der Waals surface area (Å²) in [7, 11) is 0. The molecule has 4 aliphatic rings. The summed E-state index contributed by atoms with van der Waals surface area (Å²) in [6.07, 6.45) is 13.0. The van der Waals surface area contributed by atoms with Crippen molar-refractivity contribution in [2.24, 2.45) is 34.5 Å². The van der Waals surface area contributed by atoms with Crippen molar-refractivity contribution in [2.75, 3.05) is 0 Å². The number of carbonyl (C=O) groups is 2. The van der Waals surface area contributed by atoms with Gasteiger partial charge in [0.2, 0.25) is 5.91 Å². The van der Waals surface area contributed by atoms with Gasteiger partial charge >= 0.3 is 0 Å².